The van der Waals surface area contributed by atoms with E-state index in [-0.39, 0.29) is 18.3 Å². The van der Waals surface area contributed by atoms with Crippen molar-refractivity contribution in [1.29, 1.82) is 0 Å². The molecule has 106 valence electrons. The van der Waals surface area contributed by atoms with E-state index in [1.165, 1.54) is 4.31 Å². The van der Waals surface area contributed by atoms with Gasteiger partial charge in [0.25, 0.3) is 10.2 Å². The highest BCUT2D eigenvalue weighted by molar-refractivity contribution is 7.87. The molecule has 1 aromatic rings. The van der Waals surface area contributed by atoms with Crippen LogP contribution in [0.1, 0.15) is 31.7 Å². The minimum absolute atomic E-state index is 0.0513. The van der Waals surface area contributed by atoms with Crippen molar-refractivity contribution in [3.8, 4) is 5.75 Å². The van der Waals surface area contributed by atoms with E-state index in [1.807, 2.05) is 6.92 Å². The van der Waals surface area contributed by atoms with E-state index in [0.717, 1.165) is 24.8 Å². The molecule has 0 saturated carbocycles. The Bertz CT molecular complexity index is 530. The van der Waals surface area contributed by atoms with E-state index in [1.54, 1.807) is 24.3 Å². The molecule has 2 N–H and O–H groups in total. The summed E-state index contributed by atoms with van der Waals surface area (Å²) in [5.41, 5.74) is 0.744. The van der Waals surface area contributed by atoms with Crippen LogP contribution in [0.3, 0.4) is 0 Å². The van der Waals surface area contributed by atoms with Gasteiger partial charge in [-0.15, -0.1) is 0 Å². The lowest BCUT2D eigenvalue weighted by Gasteiger charge is -2.32. The first-order valence-corrected chi connectivity index (χ1v) is 7.97. The van der Waals surface area contributed by atoms with Gasteiger partial charge in [-0.25, -0.2) is 0 Å². The summed E-state index contributed by atoms with van der Waals surface area (Å²) in [6.07, 6.45) is 2.91. The summed E-state index contributed by atoms with van der Waals surface area (Å²) in [6.45, 7) is 2.71. The summed E-state index contributed by atoms with van der Waals surface area (Å²) in [5.74, 6) is 0.142. The average molecular weight is 284 g/mol. The maximum atomic E-state index is 12.2. The lowest BCUT2D eigenvalue weighted by atomic mass is 10.1. The Morgan fingerprint density at radius 1 is 1.42 bits per heavy atom. The van der Waals surface area contributed by atoms with Crippen LogP contribution in [0.4, 0.5) is 0 Å². The van der Waals surface area contributed by atoms with Gasteiger partial charge in [-0.05, 0) is 37.5 Å². The number of nitrogens with zero attached hydrogens (tertiary/aromatic N) is 1. The third kappa shape index (κ3) is 3.68. The van der Waals surface area contributed by atoms with Gasteiger partial charge in [0.1, 0.15) is 5.75 Å². The average Bonchev–Trinajstić information content (AvgIpc) is 2.37. The van der Waals surface area contributed by atoms with Crippen molar-refractivity contribution >= 4 is 10.2 Å². The zero-order valence-electron chi connectivity index (χ0n) is 11.0. The van der Waals surface area contributed by atoms with Gasteiger partial charge in [0, 0.05) is 19.1 Å². The quantitative estimate of drug-likeness (QED) is 0.882. The molecular formula is C13H20N2O3S. The Morgan fingerprint density at radius 2 is 2.21 bits per heavy atom. The molecule has 1 saturated heterocycles. The van der Waals surface area contributed by atoms with E-state index in [9.17, 15) is 13.5 Å². The number of aromatic hydroxyl groups is 1. The van der Waals surface area contributed by atoms with Gasteiger partial charge < -0.3 is 5.11 Å². The van der Waals surface area contributed by atoms with Crippen LogP contribution in [0.15, 0.2) is 24.3 Å². The normalized spacial score (nSPS) is 21.4. The van der Waals surface area contributed by atoms with Crippen LogP contribution in [0.25, 0.3) is 0 Å². The number of nitrogens with one attached hydrogen (secondary N) is 1. The Morgan fingerprint density at radius 3 is 2.89 bits per heavy atom. The van der Waals surface area contributed by atoms with Crippen LogP contribution in [-0.4, -0.2) is 30.4 Å². The van der Waals surface area contributed by atoms with Crippen molar-refractivity contribution in [1.82, 2.24) is 9.03 Å². The van der Waals surface area contributed by atoms with Gasteiger partial charge >= 0.3 is 0 Å². The predicted octanol–water partition coefficient (Wildman–Crippen LogP) is 1.60. The van der Waals surface area contributed by atoms with E-state index >= 15 is 0 Å². The molecule has 0 radical (unpaired) electrons. The molecule has 1 aliphatic heterocycles. The second-order valence-corrected chi connectivity index (χ2v) is 6.66. The number of rotatable bonds is 4. The van der Waals surface area contributed by atoms with Crippen LogP contribution in [0.5, 0.6) is 5.75 Å². The van der Waals surface area contributed by atoms with E-state index < -0.39 is 10.2 Å². The van der Waals surface area contributed by atoms with Crippen LogP contribution in [0, 0.1) is 0 Å². The molecule has 1 heterocycles. The molecule has 1 atom stereocenters. The lowest BCUT2D eigenvalue weighted by molar-refractivity contribution is 0.265. The largest absolute Gasteiger partial charge is 0.508 e. The van der Waals surface area contributed by atoms with Crippen molar-refractivity contribution < 1.29 is 13.5 Å². The first kappa shape index (κ1) is 14.3. The highest BCUT2D eigenvalue weighted by Gasteiger charge is 2.28. The minimum Gasteiger partial charge on any atom is -0.508 e. The molecule has 0 spiro atoms. The number of piperidine rings is 1. The molecule has 19 heavy (non-hydrogen) atoms. The topological polar surface area (TPSA) is 69.6 Å². The lowest BCUT2D eigenvalue weighted by Crippen LogP contribution is -2.47. The summed E-state index contributed by atoms with van der Waals surface area (Å²) in [4.78, 5) is 0. The van der Waals surface area contributed by atoms with E-state index in [2.05, 4.69) is 4.72 Å². The Kier molecular flexibility index (Phi) is 4.44. The summed E-state index contributed by atoms with van der Waals surface area (Å²) in [6, 6.07) is 6.65. The summed E-state index contributed by atoms with van der Waals surface area (Å²) in [5, 5.41) is 9.35. The standard InChI is InChI=1S/C13H20N2O3S/c1-11-5-2-3-8-15(11)19(17,18)14-10-12-6-4-7-13(16)9-12/h4,6-7,9,11,14,16H,2-3,5,8,10H2,1H3. The maximum absolute atomic E-state index is 12.2. The Hall–Kier alpha value is -1.11. The monoisotopic (exact) mass is 284 g/mol. The maximum Gasteiger partial charge on any atom is 0.279 e. The van der Waals surface area contributed by atoms with Crippen molar-refractivity contribution in [2.45, 2.75) is 38.8 Å². The van der Waals surface area contributed by atoms with Crippen LogP contribution < -0.4 is 4.72 Å². The molecule has 2 rings (SSSR count). The van der Waals surface area contributed by atoms with Gasteiger partial charge in [-0.3, -0.25) is 0 Å². The zero-order valence-corrected chi connectivity index (χ0v) is 11.9. The second-order valence-electron chi connectivity index (χ2n) is 4.95. The zero-order chi connectivity index (χ0) is 13.9. The highest BCUT2D eigenvalue weighted by atomic mass is 32.2. The van der Waals surface area contributed by atoms with Crippen LogP contribution >= 0.6 is 0 Å². The molecule has 0 aliphatic carbocycles. The van der Waals surface area contributed by atoms with E-state index in [0.29, 0.717) is 6.54 Å². The van der Waals surface area contributed by atoms with Gasteiger partial charge in [-0.2, -0.15) is 17.4 Å². The van der Waals surface area contributed by atoms with Crippen molar-refractivity contribution in [3.05, 3.63) is 29.8 Å². The van der Waals surface area contributed by atoms with Crippen molar-refractivity contribution in [2.24, 2.45) is 0 Å². The summed E-state index contributed by atoms with van der Waals surface area (Å²) >= 11 is 0. The number of phenolic OH excluding ortho intramolecular Hbond substituents is 1. The Labute approximate surface area is 114 Å². The molecular weight excluding hydrogens is 264 g/mol. The fourth-order valence-corrected chi connectivity index (χ4v) is 3.82. The molecule has 0 bridgehead atoms. The molecule has 0 amide bonds. The van der Waals surface area contributed by atoms with Gasteiger partial charge in [-0.1, -0.05) is 18.6 Å². The summed E-state index contributed by atoms with van der Waals surface area (Å²) in [7, 11) is -3.44. The molecule has 6 heteroatoms. The molecule has 1 aliphatic rings. The second kappa shape index (κ2) is 5.90. The summed E-state index contributed by atoms with van der Waals surface area (Å²) < 4.78 is 28.5. The molecule has 1 aromatic carbocycles. The third-order valence-corrected chi connectivity index (χ3v) is 5.09. The first-order chi connectivity index (χ1) is 8.99. The van der Waals surface area contributed by atoms with E-state index in [4.69, 9.17) is 0 Å². The smallest absolute Gasteiger partial charge is 0.279 e. The Balaban J connectivity index is 2.01. The number of hydrogen-bond donors (Lipinski definition) is 2. The molecule has 1 fully saturated rings. The van der Waals surface area contributed by atoms with Crippen molar-refractivity contribution in [2.75, 3.05) is 6.54 Å². The van der Waals surface area contributed by atoms with Gasteiger partial charge in [0.05, 0.1) is 0 Å². The first-order valence-electron chi connectivity index (χ1n) is 6.53. The SMILES string of the molecule is CC1CCCCN1S(=O)(=O)NCc1cccc(O)c1. The molecule has 1 unspecified atom stereocenters. The number of hydrogen-bond acceptors (Lipinski definition) is 3. The predicted molar refractivity (Wildman–Crippen MR) is 73.9 cm³/mol. The molecule has 5 nitrogen and oxygen atoms in total. The number of phenols is 1. The fourth-order valence-electron chi connectivity index (χ4n) is 2.35. The molecule has 0 aromatic heterocycles. The highest BCUT2D eigenvalue weighted by Crippen LogP contribution is 2.19. The fraction of sp³-hybridized carbons (Fsp3) is 0.538. The third-order valence-electron chi connectivity index (χ3n) is 3.42. The minimum atomic E-state index is -3.44. The van der Waals surface area contributed by atoms with Crippen LogP contribution in [-0.2, 0) is 16.8 Å². The van der Waals surface area contributed by atoms with Crippen LogP contribution in [0.2, 0.25) is 0 Å². The number of benzene rings is 1. The van der Waals surface area contributed by atoms with Crippen molar-refractivity contribution in [3.63, 3.8) is 0 Å². The van der Waals surface area contributed by atoms with Gasteiger partial charge in [0.15, 0.2) is 0 Å². The van der Waals surface area contributed by atoms with Gasteiger partial charge in [0.2, 0.25) is 0 Å².